The van der Waals surface area contributed by atoms with E-state index in [9.17, 15) is 18.3 Å². The van der Waals surface area contributed by atoms with Gasteiger partial charge in [-0.2, -0.15) is 0 Å². The van der Waals surface area contributed by atoms with Crippen LogP contribution in [0.2, 0.25) is 0 Å². The number of carbonyl (C=O) groups is 1. The summed E-state index contributed by atoms with van der Waals surface area (Å²) in [6, 6.07) is 17.4. The first-order chi connectivity index (χ1) is 20.0. The summed E-state index contributed by atoms with van der Waals surface area (Å²) in [5, 5.41) is 14.1. The number of fused-ring (bicyclic) bond motifs is 1. The minimum atomic E-state index is -3.96. The Hall–Kier alpha value is -3.85. The SMILES string of the molecule is CC1(C)CC2=C(C(c3ccc(OCc4ccccc4)cc3F)N(C(=O)C3CCCC3)c3cccc(O)c3N2)S(=O)(=O)C1. The molecule has 0 bridgehead atoms. The van der Waals surface area contributed by atoms with Gasteiger partial charge in [-0.1, -0.05) is 63.1 Å². The lowest BCUT2D eigenvalue weighted by Crippen LogP contribution is -2.43. The molecule has 42 heavy (non-hydrogen) atoms. The van der Waals surface area contributed by atoms with Crippen molar-refractivity contribution < 1.29 is 27.4 Å². The first-order valence-corrected chi connectivity index (χ1v) is 16.0. The van der Waals surface area contributed by atoms with Crippen molar-refractivity contribution in [3.8, 4) is 11.5 Å². The number of anilines is 2. The summed E-state index contributed by atoms with van der Waals surface area (Å²) < 4.78 is 50.2. The Balaban J connectivity index is 1.53. The molecule has 220 valence electrons. The van der Waals surface area contributed by atoms with Crippen LogP contribution in [-0.4, -0.2) is 25.2 Å². The molecular formula is C33H35FN2O5S. The molecule has 3 aliphatic rings. The molecule has 3 aromatic carbocycles. The topological polar surface area (TPSA) is 95.9 Å². The van der Waals surface area contributed by atoms with Gasteiger partial charge in [0.15, 0.2) is 9.84 Å². The quantitative estimate of drug-likeness (QED) is 0.316. The van der Waals surface area contributed by atoms with Gasteiger partial charge < -0.3 is 15.2 Å². The van der Waals surface area contributed by atoms with Gasteiger partial charge in [-0.25, -0.2) is 12.8 Å². The van der Waals surface area contributed by atoms with Crippen molar-refractivity contribution in [3.63, 3.8) is 0 Å². The summed E-state index contributed by atoms with van der Waals surface area (Å²) in [6.45, 7) is 3.97. The van der Waals surface area contributed by atoms with Crippen molar-refractivity contribution >= 4 is 27.1 Å². The number of nitrogens with one attached hydrogen (secondary N) is 1. The second-order valence-corrected chi connectivity index (χ2v) is 14.2. The van der Waals surface area contributed by atoms with Crippen molar-refractivity contribution in [2.24, 2.45) is 11.3 Å². The summed E-state index contributed by atoms with van der Waals surface area (Å²) in [4.78, 5) is 15.7. The minimum absolute atomic E-state index is 0.0272. The summed E-state index contributed by atoms with van der Waals surface area (Å²) in [7, 11) is -3.96. The average Bonchev–Trinajstić information content (AvgIpc) is 3.43. The van der Waals surface area contributed by atoms with Gasteiger partial charge in [0.25, 0.3) is 0 Å². The van der Waals surface area contributed by atoms with E-state index in [4.69, 9.17) is 4.74 Å². The second-order valence-electron chi connectivity index (χ2n) is 12.3. The number of hydrogen-bond donors (Lipinski definition) is 2. The normalized spacial score (nSPS) is 21.2. The number of amides is 1. The molecule has 0 aromatic heterocycles. The van der Waals surface area contributed by atoms with Crippen molar-refractivity contribution in [2.45, 2.75) is 58.6 Å². The Morgan fingerprint density at radius 3 is 2.52 bits per heavy atom. The standard InChI is InChI=1S/C33H35FN2O5S/c1-33(2)18-26-31(42(39,40)20-33)30(24-16-15-23(17-25(24)34)41-19-21-9-4-3-5-10-21)36(32(38)22-11-6-7-12-22)27-13-8-14-28(37)29(27)35-26/h3-5,8-10,13-17,22,30,35,37H,6-7,11-12,18-20H2,1-2H3. The maximum absolute atomic E-state index is 16.2. The zero-order chi connectivity index (χ0) is 29.6. The van der Waals surface area contributed by atoms with E-state index >= 15 is 4.39 Å². The molecule has 1 fully saturated rings. The Bertz CT molecular complexity index is 1660. The fourth-order valence-electron chi connectivity index (χ4n) is 6.56. The smallest absolute Gasteiger partial charge is 0.231 e. The first-order valence-electron chi connectivity index (χ1n) is 14.4. The number of aromatic hydroxyl groups is 1. The number of nitrogens with zero attached hydrogens (tertiary/aromatic N) is 1. The molecule has 2 heterocycles. The number of halogens is 1. The average molecular weight is 591 g/mol. The molecule has 1 aliphatic carbocycles. The van der Waals surface area contributed by atoms with Crippen LogP contribution in [0, 0.1) is 17.2 Å². The van der Waals surface area contributed by atoms with Crippen LogP contribution in [0.4, 0.5) is 15.8 Å². The van der Waals surface area contributed by atoms with Gasteiger partial charge in [0.05, 0.1) is 16.3 Å². The Morgan fingerprint density at radius 2 is 1.81 bits per heavy atom. The monoisotopic (exact) mass is 590 g/mol. The van der Waals surface area contributed by atoms with Crippen LogP contribution in [0.5, 0.6) is 11.5 Å². The summed E-state index contributed by atoms with van der Waals surface area (Å²) >= 11 is 0. The van der Waals surface area contributed by atoms with Crippen molar-refractivity contribution in [1.29, 1.82) is 0 Å². The fourth-order valence-corrected chi connectivity index (χ4v) is 8.92. The van der Waals surface area contributed by atoms with E-state index < -0.39 is 27.1 Å². The number of allylic oxidation sites excluding steroid dienone is 1. The maximum Gasteiger partial charge on any atom is 0.231 e. The highest BCUT2D eigenvalue weighted by molar-refractivity contribution is 7.95. The molecule has 1 unspecified atom stereocenters. The number of rotatable bonds is 5. The number of para-hydroxylation sites is 1. The highest BCUT2D eigenvalue weighted by Crippen LogP contribution is 2.52. The van der Waals surface area contributed by atoms with Crippen LogP contribution >= 0.6 is 0 Å². The maximum atomic E-state index is 16.2. The number of benzene rings is 3. The molecule has 2 N–H and O–H groups in total. The van der Waals surface area contributed by atoms with Crippen LogP contribution in [0.1, 0.15) is 63.1 Å². The zero-order valence-corrected chi connectivity index (χ0v) is 24.6. The molecule has 2 aliphatic heterocycles. The van der Waals surface area contributed by atoms with Crippen LogP contribution in [-0.2, 0) is 21.2 Å². The molecule has 7 nitrogen and oxygen atoms in total. The molecule has 6 rings (SSSR count). The lowest BCUT2D eigenvalue weighted by atomic mass is 9.88. The van der Waals surface area contributed by atoms with Crippen LogP contribution in [0.3, 0.4) is 0 Å². The Morgan fingerprint density at radius 1 is 1.07 bits per heavy atom. The third kappa shape index (κ3) is 5.26. The number of hydrogen-bond acceptors (Lipinski definition) is 6. The van der Waals surface area contributed by atoms with E-state index in [0.717, 1.165) is 18.4 Å². The molecule has 3 aromatic rings. The van der Waals surface area contributed by atoms with E-state index in [0.29, 0.717) is 36.4 Å². The molecule has 0 spiro atoms. The van der Waals surface area contributed by atoms with Gasteiger partial charge in [-0.05, 0) is 54.5 Å². The minimum Gasteiger partial charge on any atom is -0.506 e. The fraction of sp³-hybridized carbons (Fsp3) is 0.364. The molecule has 1 saturated carbocycles. The lowest BCUT2D eigenvalue weighted by Gasteiger charge is -2.38. The van der Waals surface area contributed by atoms with E-state index in [1.165, 1.54) is 23.1 Å². The predicted octanol–water partition coefficient (Wildman–Crippen LogP) is 6.86. The third-order valence-electron chi connectivity index (χ3n) is 8.39. The Labute approximate surface area is 245 Å². The predicted molar refractivity (Wildman–Crippen MR) is 160 cm³/mol. The van der Waals surface area contributed by atoms with Gasteiger partial charge in [0.1, 0.15) is 35.7 Å². The van der Waals surface area contributed by atoms with Crippen LogP contribution in [0.15, 0.2) is 77.3 Å². The summed E-state index contributed by atoms with van der Waals surface area (Å²) in [5.41, 5.74) is 1.30. The summed E-state index contributed by atoms with van der Waals surface area (Å²) in [5.74, 6) is -1.25. The van der Waals surface area contributed by atoms with Crippen molar-refractivity contribution in [1.82, 2.24) is 0 Å². The Kier molecular flexibility index (Phi) is 7.25. The van der Waals surface area contributed by atoms with Gasteiger partial charge in [-0.15, -0.1) is 0 Å². The van der Waals surface area contributed by atoms with Crippen molar-refractivity contribution in [2.75, 3.05) is 16.0 Å². The van der Waals surface area contributed by atoms with Crippen LogP contribution in [0.25, 0.3) is 0 Å². The van der Waals surface area contributed by atoms with E-state index in [-0.39, 0.29) is 46.1 Å². The summed E-state index contributed by atoms with van der Waals surface area (Å²) in [6.07, 6.45) is 3.47. The number of carbonyl (C=O) groups excluding carboxylic acids is 1. The highest BCUT2D eigenvalue weighted by atomic mass is 32.2. The van der Waals surface area contributed by atoms with Gasteiger partial charge in [-0.3, -0.25) is 9.69 Å². The molecule has 0 saturated heterocycles. The third-order valence-corrected chi connectivity index (χ3v) is 10.7. The second kappa shape index (κ2) is 10.8. The van der Waals surface area contributed by atoms with E-state index in [1.54, 1.807) is 18.2 Å². The number of sulfone groups is 1. The van der Waals surface area contributed by atoms with E-state index in [1.807, 2.05) is 44.2 Å². The van der Waals surface area contributed by atoms with Crippen molar-refractivity contribution in [3.05, 3.63) is 94.3 Å². The number of phenols is 1. The largest absolute Gasteiger partial charge is 0.506 e. The van der Waals surface area contributed by atoms with Gasteiger partial charge in [0, 0.05) is 23.2 Å². The van der Waals surface area contributed by atoms with E-state index in [2.05, 4.69) is 5.32 Å². The van der Waals surface area contributed by atoms with Gasteiger partial charge >= 0.3 is 0 Å². The molecule has 0 radical (unpaired) electrons. The zero-order valence-electron chi connectivity index (χ0n) is 23.8. The highest BCUT2D eigenvalue weighted by Gasteiger charge is 2.48. The number of phenolic OH excluding ortho intramolecular Hbond substituents is 1. The van der Waals surface area contributed by atoms with Crippen LogP contribution < -0.4 is 15.0 Å². The molecular weight excluding hydrogens is 555 g/mol. The number of ether oxygens (including phenoxy) is 1. The molecule has 9 heteroatoms. The molecule has 1 atom stereocenters. The lowest BCUT2D eigenvalue weighted by molar-refractivity contribution is -0.122. The first kappa shape index (κ1) is 28.3. The van der Waals surface area contributed by atoms with Gasteiger partial charge in [0.2, 0.25) is 5.91 Å². The molecule has 1 amide bonds.